The van der Waals surface area contributed by atoms with Crippen LogP contribution in [0.4, 0.5) is 24.7 Å². The molecule has 3 heterocycles. The van der Waals surface area contributed by atoms with E-state index in [1.165, 1.54) is 6.07 Å². The lowest BCUT2D eigenvalue weighted by atomic mass is 9.96. The normalized spacial score (nSPS) is 19.9. The zero-order valence-electron chi connectivity index (χ0n) is 16.3. The molecule has 2 atom stereocenters. The van der Waals surface area contributed by atoms with Crippen LogP contribution in [0.3, 0.4) is 0 Å². The molecule has 0 aromatic carbocycles. The van der Waals surface area contributed by atoms with Crippen LogP contribution in [0.15, 0.2) is 35.6 Å². The van der Waals surface area contributed by atoms with Gasteiger partial charge in [-0.25, -0.2) is 23.5 Å². The average Bonchev–Trinajstić information content (AvgIpc) is 2.68. The Kier molecular flexibility index (Phi) is 6.21. The number of anilines is 2. The van der Waals surface area contributed by atoms with E-state index >= 15 is 0 Å². The number of nitrogens with two attached hydrogens (primary N) is 1. The molecule has 1 fully saturated rings. The van der Waals surface area contributed by atoms with Crippen molar-refractivity contribution in [2.45, 2.75) is 30.7 Å². The van der Waals surface area contributed by atoms with E-state index in [0.29, 0.717) is 31.8 Å². The number of carbonyl (C=O) groups excluding carboxylic acids is 1. The summed E-state index contributed by atoms with van der Waals surface area (Å²) in [4.78, 5) is 22.0. The number of aliphatic hydroxyl groups is 1. The van der Waals surface area contributed by atoms with E-state index in [4.69, 9.17) is 5.14 Å². The second-order valence-electron chi connectivity index (χ2n) is 7.25. The summed E-state index contributed by atoms with van der Waals surface area (Å²) >= 11 is 0. The molecule has 1 aliphatic rings. The summed E-state index contributed by atoms with van der Waals surface area (Å²) in [5.74, 6) is -1.06. The number of halogens is 3. The Bertz CT molecular complexity index is 1090. The lowest BCUT2D eigenvalue weighted by Crippen LogP contribution is -2.43. The van der Waals surface area contributed by atoms with Crippen LogP contribution in [-0.2, 0) is 16.2 Å². The number of pyridine rings is 2. The second-order valence-corrected chi connectivity index (χ2v) is 8.76. The molecule has 13 heteroatoms. The highest BCUT2D eigenvalue weighted by Crippen LogP contribution is 2.33. The van der Waals surface area contributed by atoms with Gasteiger partial charge in [-0.2, -0.15) is 13.2 Å². The molecular formula is C18H20F3N5O4S. The van der Waals surface area contributed by atoms with Crippen LogP contribution < -0.4 is 15.4 Å². The Morgan fingerprint density at radius 1 is 1.32 bits per heavy atom. The van der Waals surface area contributed by atoms with Crippen LogP contribution in [0.25, 0.3) is 0 Å². The number of aliphatic hydroxyl groups excluding tert-OH is 1. The minimum atomic E-state index is -4.72. The number of piperidine rings is 1. The number of alkyl halides is 3. The van der Waals surface area contributed by atoms with Gasteiger partial charge in [0, 0.05) is 37.2 Å². The second kappa shape index (κ2) is 8.40. The fourth-order valence-corrected chi connectivity index (χ4v) is 3.70. The Labute approximate surface area is 176 Å². The van der Waals surface area contributed by atoms with Crippen LogP contribution in [-0.4, -0.2) is 48.6 Å². The Morgan fingerprint density at radius 3 is 2.65 bits per heavy atom. The number of amides is 1. The van der Waals surface area contributed by atoms with Crippen molar-refractivity contribution in [2.24, 2.45) is 11.1 Å². The minimum absolute atomic E-state index is 0.0187. The number of hydrogen-bond donors (Lipinski definition) is 3. The van der Waals surface area contributed by atoms with E-state index < -0.39 is 38.8 Å². The van der Waals surface area contributed by atoms with Crippen molar-refractivity contribution in [3.05, 3.63) is 41.7 Å². The van der Waals surface area contributed by atoms with E-state index in [9.17, 15) is 31.5 Å². The summed E-state index contributed by atoms with van der Waals surface area (Å²) in [5, 5.41) is 16.8. The molecule has 9 nitrogen and oxygen atoms in total. The minimum Gasteiger partial charge on any atom is -0.393 e. The van der Waals surface area contributed by atoms with Crippen molar-refractivity contribution in [3.63, 3.8) is 0 Å². The molecule has 31 heavy (non-hydrogen) atoms. The molecule has 1 aliphatic heterocycles. The monoisotopic (exact) mass is 459 g/mol. The molecule has 4 N–H and O–H groups in total. The number of nitrogens with one attached hydrogen (secondary N) is 1. The first-order valence-electron chi connectivity index (χ1n) is 9.16. The zero-order valence-corrected chi connectivity index (χ0v) is 17.1. The van der Waals surface area contributed by atoms with Gasteiger partial charge in [-0.1, -0.05) is 6.92 Å². The third kappa shape index (κ3) is 5.29. The van der Waals surface area contributed by atoms with E-state index in [0.717, 1.165) is 12.3 Å². The molecule has 168 valence electrons. The number of carbonyl (C=O) groups is 1. The third-order valence-corrected chi connectivity index (χ3v) is 5.69. The van der Waals surface area contributed by atoms with Crippen LogP contribution in [0, 0.1) is 5.92 Å². The van der Waals surface area contributed by atoms with Crippen LogP contribution in [0.2, 0.25) is 0 Å². The number of aromatic nitrogens is 2. The maximum Gasteiger partial charge on any atom is 0.417 e. The quantitative estimate of drug-likeness (QED) is 0.631. The van der Waals surface area contributed by atoms with Gasteiger partial charge in [0.15, 0.2) is 5.03 Å². The summed E-state index contributed by atoms with van der Waals surface area (Å²) in [6.45, 7) is 2.38. The number of rotatable bonds is 4. The summed E-state index contributed by atoms with van der Waals surface area (Å²) in [5.41, 5.74) is -1.46. The largest absolute Gasteiger partial charge is 0.417 e. The summed E-state index contributed by atoms with van der Waals surface area (Å²) in [7, 11) is -4.14. The summed E-state index contributed by atoms with van der Waals surface area (Å²) in [6.07, 6.45) is -3.17. The standard InChI is InChI=1S/C18H20F3N5O4S/c1-10-9-26(5-3-14(10)27)16-13(6-11(8-24-16)18(19,20)21)17(28)25-12-2-4-23-15(7-12)31(22,29)30/h2,4,6-8,10,14,27H,3,5,9H2,1H3,(H2,22,29,30)(H,23,25,28). The molecule has 0 saturated carbocycles. The molecular weight excluding hydrogens is 439 g/mol. The van der Waals surface area contributed by atoms with Gasteiger partial charge in [0.2, 0.25) is 0 Å². The molecule has 1 amide bonds. The first kappa shape index (κ1) is 22.9. The van der Waals surface area contributed by atoms with Crippen molar-refractivity contribution >= 4 is 27.4 Å². The highest BCUT2D eigenvalue weighted by Gasteiger charge is 2.34. The Hall–Kier alpha value is -2.77. The SMILES string of the molecule is CC1CN(c2ncc(C(F)(F)F)cc2C(=O)Nc2ccnc(S(N)(=O)=O)c2)CCC1O. The van der Waals surface area contributed by atoms with Crippen molar-refractivity contribution < 1.29 is 31.5 Å². The fourth-order valence-electron chi connectivity index (χ4n) is 3.20. The predicted octanol–water partition coefficient (Wildman–Crippen LogP) is 1.60. The van der Waals surface area contributed by atoms with Crippen LogP contribution in [0.1, 0.15) is 29.3 Å². The average molecular weight is 459 g/mol. The lowest BCUT2D eigenvalue weighted by Gasteiger charge is -2.36. The summed E-state index contributed by atoms with van der Waals surface area (Å²) < 4.78 is 62.6. The van der Waals surface area contributed by atoms with Crippen molar-refractivity contribution in [3.8, 4) is 0 Å². The Balaban J connectivity index is 1.98. The van der Waals surface area contributed by atoms with Crippen molar-refractivity contribution in [1.29, 1.82) is 0 Å². The van der Waals surface area contributed by atoms with Crippen molar-refractivity contribution in [2.75, 3.05) is 23.3 Å². The maximum absolute atomic E-state index is 13.2. The first-order valence-corrected chi connectivity index (χ1v) is 10.7. The molecule has 3 rings (SSSR count). The van der Waals surface area contributed by atoms with Gasteiger partial charge in [-0.3, -0.25) is 4.79 Å². The van der Waals surface area contributed by atoms with Gasteiger partial charge in [-0.15, -0.1) is 0 Å². The molecule has 2 aromatic heterocycles. The van der Waals surface area contributed by atoms with Gasteiger partial charge in [0.1, 0.15) is 5.82 Å². The molecule has 2 unspecified atom stereocenters. The van der Waals surface area contributed by atoms with Gasteiger partial charge in [0.25, 0.3) is 15.9 Å². The van der Waals surface area contributed by atoms with Gasteiger partial charge in [-0.05, 0) is 24.5 Å². The van der Waals surface area contributed by atoms with Gasteiger partial charge < -0.3 is 15.3 Å². The first-order chi connectivity index (χ1) is 14.4. The zero-order chi connectivity index (χ0) is 23.0. The molecule has 0 spiro atoms. The number of sulfonamides is 1. The fraction of sp³-hybridized carbons (Fsp3) is 0.389. The van der Waals surface area contributed by atoms with E-state index in [1.54, 1.807) is 11.8 Å². The Morgan fingerprint density at radius 2 is 2.03 bits per heavy atom. The van der Waals surface area contributed by atoms with Gasteiger partial charge >= 0.3 is 6.18 Å². The third-order valence-electron chi connectivity index (χ3n) is 4.88. The smallest absolute Gasteiger partial charge is 0.393 e. The van der Waals surface area contributed by atoms with E-state index in [1.807, 2.05) is 0 Å². The molecule has 0 aliphatic carbocycles. The number of primary sulfonamides is 1. The van der Waals surface area contributed by atoms with E-state index in [2.05, 4.69) is 15.3 Å². The lowest BCUT2D eigenvalue weighted by molar-refractivity contribution is -0.137. The topological polar surface area (TPSA) is 139 Å². The number of hydrogen-bond acceptors (Lipinski definition) is 7. The van der Waals surface area contributed by atoms with Gasteiger partial charge in [0.05, 0.1) is 17.2 Å². The highest BCUT2D eigenvalue weighted by atomic mass is 32.2. The van der Waals surface area contributed by atoms with Crippen molar-refractivity contribution in [1.82, 2.24) is 9.97 Å². The molecule has 0 bridgehead atoms. The van der Waals surface area contributed by atoms with Crippen LogP contribution >= 0.6 is 0 Å². The maximum atomic E-state index is 13.2. The molecule has 2 aromatic rings. The number of nitrogens with zero attached hydrogens (tertiary/aromatic N) is 3. The van der Waals surface area contributed by atoms with Crippen LogP contribution in [0.5, 0.6) is 0 Å². The van der Waals surface area contributed by atoms with E-state index in [-0.39, 0.29) is 23.0 Å². The molecule has 1 saturated heterocycles. The molecule has 0 radical (unpaired) electrons. The predicted molar refractivity (Wildman–Crippen MR) is 105 cm³/mol. The summed E-state index contributed by atoms with van der Waals surface area (Å²) in [6, 6.07) is 2.95. The highest BCUT2D eigenvalue weighted by molar-refractivity contribution is 7.89.